The zero-order valence-electron chi connectivity index (χ0n) is 18.2. The summed E-state index contributed by atoms with van der Waals surface area (Å²) >= 11 is 0. The van der Waals surface area contributed by atoms with Gasteiger partial charge in [0, 0.05) is 27.4 Å². The molecular weight excluding hydrogens is 260 g/mol. The number of nitrogens with zero attached hydrogens (tertiary/aromatic N) is 4. The average molecular weight is 287 g/mol. The fourth-order valence-electron chi connectivity index (χ4n) is 1.92. The lowest BCUT2D eigenvalue weighted by Gasteiger charge is -2.09. The third kappa shape index (κ3) is 2.53. The van der Waals surface area contributed by atoms with E-state index in [1.807, 2.05) is 0 Å². The second-order valence-corrected chi connectivity index (χ2v) is 4.38. The third-order valence-electron chi connectivity index (χ3n) is 2.91. The summed E-state index contributed by atoms with van der Waals surface area (Å²) in [5.74, 6) is 0. The van der Waals surface area contributed by atoms with Gasteiger partial charge in [-0.25, -0.2) is 9.78 Å². The molecule has 0 unspecified atom stereocenters. The van der Waals surface area contributed by atoms with Crippen LogP contribution in [-0.4, -0.2) is 29.9 Å². The van der Waals surface area contributed by atoms with Gasteiger partial charge in [-0.15, -0.1) is 0 Å². The molecule has 2 rings (SSSR count). The zero-order chi connectivity index (χ0) is 20.9. The first-order chi connectivity index (χ1) is 12.1. The standard InChI is InChI=1S/C13H20N4O3/c1-9(18)6-4-5-7-17-12(19)10-11(14-8-15(10)2)16(3)13(17)20/h8-9,18H,4-7H2,1-3H3/t9-/m1/s1/i2D3,6D2,8D,9D. The first-order valence-electron chi connectivity index (χ1n) is 9.51. The van der Waals surface area contributed by atoms with E-state index < -0.39 is 42.5 Å². The van der Waals surface area contributed by atoms with E-state index in [0.717, 1.165) is 16.1 Å². The van der Waals surface area contributed by atoms with Gasteiger partial charge in [0.1, 0.15) is 1.37 Å². The van der Waals surface area contributed by atoms with Crippen LogP contribution >= 0.6 is 0 Å². The van der Waals surface area contributed by atoms with E-state index in [0.29, 0.717) is 4.57 Å². The minimum absolute atomic E-state index is 0.0572. The van der Waals surface area contributed by atoms with Crippen LogP contribution in [-0.2, 0) is 20.6 Å². The highest BCUT2D eigenvalue weighted by atomic mass is 16.3. The monoisotopic (exact) mass is 287 g/mol. The van der Waals surface area contributed by atoms with Gasteiger partial charge in [0.2, 0.25) is 0 Å². The summed E-state index contributed by atoms with van der Waals surface area (Å²) in [6, 6.07) is 0. The Kier molecular flexibility index (Phi) is 2.19. The minimum Gasteiger partial charge on any atom is -0.393 e. The van der Waals surface area contributed by atoms with Crippen LogP contribution in [0.2, 0.25) is 0 Å². The number of hydrogen-bond donors (Lipinski definition) is 1. The number of aromatic nitrogens is 4. The first-order valence-corrected chi connectivity index (χ1v) is 6.01. The number of aryl methyl sites for hydroxylation is 2. The Labute approximate surface area is 125 Å². The van der Waals surface area contributed by atoms with E-state index in [1.54, 1.807) is 0 Å². The Morgan fingerprint density at radius 2 is 2.35 bits per heavy atom. The van der Waals surface area contributed by atoms with Gasteiger partial charge in [-0.1, -0.05) is 0 Å². The largest absolute Gasteiger partial charge is 0.393 e. The Morgan fingerprint density at radius 3 is 3.00 bits per heavy atom. The number of hydrogen-bond acceptors (Lipinski definition) is 4. The van der Waals surface area contributed by atoms with Gasteiger partial charge in [-0.2, -0.15) is 0 Å². The maximum atomic E-state index is 12.7. The average Bonchev–Trinajstić information content (AvgIpc) is 2.85. The molecule has 0 aliphatic carbocycles. The van der Waals surface area contributed by atoms with Crippen molar-refractivity contribution in [2.45, 2.75) is 38.8 Å². The molecule has 0 aliphatic heterocycles. The normalized spacial score (nSPS) is 21.1. The molecule has 7 heteroatoms. The van der Waals surface area contributed by atoms with E-state index in [2.05, 4.69) is 4.98 Å². The smallest absolute Gasteiger partial charge is 0.332 e. The quantitative estimate of drug-likeness (QED) is 0.838. The van der Waals surface area contributed by atoms with E-state index >= 15 is 0 Å². The summed E-state index contributed by atoms with van der Waals surface area (Å²) in [7, 11) is 1.28. The molecule has 0 aliphatic rings. The van der Waals surface area contributed by atoms with Gasteiger partial charge in [0.05, 0.1) is 13.8 Å². The lowest BCUT2D eigenvalue weighted by molar-refractivity contribution is 0.180. The minimum atomic E-state index is -2.85. The fourth-order valence-corrected chi connectivity index (χ4v) is 1.92. The molecule has 2 aromatic heterocycles. The van der Waals surface area contributed by atoms with Crippen molar-refractivity contribution in [3.63, 3.8) is 0 Å². The van der Waals surface area contributed by atoms with Gasteiger partial charge in [-0.3, -0.25) is 13.9 Å². The van der Waals surface area contributed by atoms with Crippen LogP contribution in [0.1, 0.15) is 35.7 Å². The number of rotatable bonds is 5. The molecule has 2 heterocycles. The maximum Gasteiger partial charge on any atom is 0.332 e. The number of imidazole rings is 1. The van der Waals surface area contributed by atoms with Crippen LogP contribution in [0.15, 0.2) is 15.9 Å². The second-order valence-electron chi connectivity index (χ2n) is 4.38. The highest BCUT2D eigenvalue weighted by molar-refractivity contribution is 5.69. The molecule has 7 nitrogen and oxygen atoms in total. The maximum absolute atomic E-state index is 12.7. The van der Waals surface area contributed by atoms with Crippen molar-refractivity contribution in [1.29, 1.82) is 0 Å². The molecule has 0 aromatic carbocycles. The second kappa shape index (κ2) is 5.62. The highest BCUT2D eigenvalue weighted by Gasteiger charge is 2.14. The van der Waals surface area contributed by atoms with Crippen LogP contribution < -0.4 is 11.2 Å². The number of fused-ring (bicyclic) bond motifs is 1. The van der Waals surface area contributed by atoms with Crippen molar-refractivity contribution in [1.82, 2.24) is 18.7 Å². The topological polar surface area (TPSA) is 82.1 Å². The van der Waals surface area contributed by atoms with Gasteiger partial charge in [0.15, 0.2) is 11.2 Å². The third-order valence-corrected chi connectivity index (χ3v) is 2.91. The van der Waals surface area contributed by atoms with Gasteiger partial charge < -0.3 is 9.67 Å². The van der Waals surface area contributed by atoms with Crippen LogP contribution in [0, 0.1) is 0 Å². The van der Waals surface area contributed by atoms with Crippen LogP contribution in [0.25, 0.3) is 11.2 Å². The molecule has 0 radical (unpaired) electrons. The summed E-state index contributed by atoms with van der Waals surface area (Å²) in [5.41, 5.74) is -2.39. The van der Waals surface area contributed by atoms with Gasteiger partial charge in [0.25, 0.3) is 5.56 Å². The van der Waals surface area contributed by atoms with E-state index in [1.165, 1.54) is 7.05 Å². The highest BCUT2D eigenvalue weighted by Crippen LogP contribution is 2.04. The molecule has 110 valence electrons. The van der Waals surface area contributed by atoms with E-state index in [9.17, 15) is 14.7 Å². The summed E-state index contributed by atoms with van der Waals surface area (Å²) in [5, 5.41) is 9.53. The first kappa shape index (κ1) is 7.78. The lowest BCUT2D eigenvalue weighted by atomic mass is 10.2. The molecule has 0 spiro atoms. The summed E-state index contributed by atoms with van der Waals surface area (Å²) in [6.07, 6.45) is -5.68. The predicted octanol–water partition coefficient (Wildman–Crippen LogP) is -0.0152. The van der Waals surface area contributed by atoms with Crippen LogP contribution in [0.4, 0.5) is 0 Å². The van der Waals surface area contributed by atoms with Crippen molar-refractivity contribution < 1.29 is 14.7 Å². The van der Waals surface area contributed by atoms with E-state index in [-0.39, 0.29) is 25.0 Å². The molecular formula is C13H20N4O3. The molecule has 2 aromatic rings. The fraction of sp³-hybridized carbons (Fsp3) is 0.615. The van der Waals surface area contributed by atoms with Crippen molar-refractivity contribution in [2.24, 2.45) is 14.0 Å². The number of aliphatic hydroxyl groups is 1. The van der Waals surface area contributed by atoms with Gasteiger partial charge in [-0.05, 0) is 26.1 Å². The van der Waals surface area contributed by atoms with Crippen LogP contribution in [0.3, 0.4) is 0 Å². The van der Waals surface area contributed by atoms with Crippen LogP contribution in [0.5, 0.6) is 0 Å². The zero-order valence-corrected chi connectivity index (χ0v) is 11.2. The van der Waals surface area contributed by atoms with Crippen molar-refractivity contribution in [3.8, 4) is 0 Å². The Hall–Kier alpha value is -1.89. The molecule has 1 atom stereocenters. The predicted molar refractivity (Wildman–Crippen MR) is 75.7 cm³/mol. The van der Waals surface area contributed by atoms with E-state index in [4.69, 9.17) is 9.60 Å². The molecule has 1 N–H and O–H groups in total. The Balaban J connectivity index is 2.53. The molecule has 0 saturated heterocycles. The van der Waals surface area contributed by atoms with Crippen molar-refractivity contribution >= 4 is 11.2 Å². The molecule has 20 heavy (non-hydrogen) atoms. The molecule has 0 fully saturated rings. The molecule has 0 bridgehead atoms. The van der Waals surface area contributed by atoms with Crippen molar-refractivity contribution in [3.05, 3.63) is 27.1 Å². The van der Waals surface area contributed by atoms with Gasteiger partial charge >= 0.3 is 5.69 Å². The Morgan fingerprint density at radius 1 is 1.60 bits per heavy atom. The molecule has 0 amide bonds. The Bertz CT molecular complexity index is 981. The molecule has 0 saturated carbocycles. The van der Waals surface area contributed by atoms with Crippen molar-refractivity contribution in [2.75, 3.05) is 0 Å². The summed E-state index contributed by atoms with van der Waals surface area (Å²) in [6.45, 7) is -2.10. The summed E-state index contributed by atoms with van der Waals surface area (Å²) in [4.78, 5) is 28.8. The SMILES string of the molecule is [2H]c1nc2c(c(=O)n(CCCC([2H])([2H])[C@@]([2H])(C)O)c(=O)n2C)n1C([2H])([2H])[2H]. The lowest BCUT2D eigenvalue weighted by Crippen LogP contribution is -2.39. The summed E-state index contributed by atoms with van der Waals surface area (Å²) < 4.78 is 55.1.